The molecule has 0 aliphatic rings. The second kappa shape index (κ2) is 5.98. The molecule has 0 spiro atoms. The molecule has 2 rings (SSSR count). The predicted molar refractivity (Wildman–Crippen MR) is 82.5 cm³/mol. The van der Waals surface area contributed by atoms with Crippen LogP contribution in [0.3, 0.4) is 0 Å². The lowest BCUT2D eigenvalue weighted by Crippen LogP contribution is -2.23. The summed E-state index contributed by atoms with van der Waals surface area (Å²) in [4.78, 5) is 10.8. The third-order valence-electron chi connectivity index (χ3n) is 3.14. The fraction of sp³-hybridized carbons (Fsp3) is 0.133. The molecule has 0 fully saturated rings. The maximum Gasteiger partial charge on any atom is 0.262 e. The molecule has 7 heteroatoms. The van der Waals surface area contributed by atoms with Crippen LogP contribution in [-0.4, -0.2) is 14.4 Å². The summed E-state index contributed by atoms with van der Waals surface area (Å²) in [7, 11) is -3.93. The van der Waals surface area contributed by atoms with Crippen molar-refractivity contribution in [2.75, 3.05) is 4.72 Å². The van der Waals surface area contributed by atoms with Gasteiger partial charge in [-0.25, -0.2) is 8.42 Å². The number of carboxylic acids is 1. The highest BCUT2D eigenvalue weighted by Gasteiger charge is 2.18. The average Bonchev–Trinajstić information content (AvgIpc) is 2.42. The van der Waals surface area contributed by atoms with Crippen LogP contribution >= 0.6 is 11.6 Å². The van der Waals surface area contributed by atoms with Crippen molar-refractivity contribution >= 4 is 33.3 Å². The molecule has 0 saturated carbocycles. The summed E-state index contributed by atoms with van der Waals surface area (Å²) >= 11 is 5.97. The van der Waals surface area contributed by atoms with Gasteiger partial charge in [0, 0.05) is 5.02 Å². The Bertz CT molecular complexity index is 847. The van der Waals surface area contributed by atoms with E-state index in [0.717, 1.165) is 11.6 Å². The maximum atomic E-state index is 12.4. The van der Waals surface area contributed by atoms with E-state index in [4.69, 9.17) is 11.6 Å². The zero-order valence-electron chi connectivity index (χ0n) is 11.9. The number of aromatic carboxylic acids is 1. The number of nitrogens with one attached hydrogen (secondary N) is 1. The maximum absolute atomic E-state index is 12.4. The standard InChI is InChI=1S/C15H14ClNO4S/c1-9-4-6-12(8-13(9)16)17-22(20,21)14-7-11(15(18)19)5-3-10(14)2/h3-8,17H,1-2H3,(H,18,19)/p-1. The van der Waals surface area contributed by atoms with Crippen molar-refractivity contribution in [3.63, 3.8) is 0 Å². The lowest BCUT2D eigenvalue weighted by Gasteiger charge is -2.13. The van der Waals surface area contributed by atoms with Crippen LogP contribution in [0.25, 0.3) is 0 Å². The van der Waals surface area contributed by atoms with E-state index in [9.17, 15) is 18.3 Å². The van der Waals surface area contributed by atoms with Gasteiger partial charge in [0.05, 0.1) is 16.6 Å². The van der Waals surface area contributed by atoms with E-state index in [0.29, 0.717) is 16.3 Å². The van der Waals surface area contributed by atoms with Crippen molar-refractivity contribution in [1.29, 1.82) is 0 Å². The number of aryl methyl sites for hydroxylation is 2. The fourth-order valence-electron chi connectivity index (χ4n) is 1.88. The Morgan fingerprint density at radius 3 is 2.32 bits per heavy atom. The molecule has 0 heterocycles. The Balaban J connectivity index is 2.44. The molecule has 0 amide bonds. The van der Waals surface area contributed by atoms with Crippen molar-refractivity contribution in [1.82, 2.24) is 0 Å². The van der Waals surface area contributed by atoms with E-state index >= 15 is 0 Å². The Morgan fingerprint density at radius 2 is 1.73 bits per heavy atom. The SMILES string of the molecule is Cc1ccc(NS(=O)(=O)c2cc(C(=O)[O-])ccc2C)cc1Cl. The van der Waals surface area contributed by atoms with Gasteiger partial charge >= 0.3 is 0 Å². The van der Waals surface area contributed by atoms with Crippen LogP contribution in [0.2, 0.25) is 5.02 Å². The van der Waals surface area contributed by atoms with Gasteiger partial charge in [0.15, 0.2) is 0 Å². The van der Waals surface area contributed by atoms with Crippen LogP contribution in [0.15, 0.2) is 41.3 Å². The molecule has 0 aromatic heterocycles. The van der Waals surface area contributed by atoms with E-state index in [1.165, 1.54) is 18.2 Å². The van der Waals surface area contributed by atoms with Gasteiger partial charge in [-0.15, -0.1) is 0 Å². The summed E-state index contributed by atoms with van der Waals surface area (Å²) in [5.74, 6) is -1.44. The quantitative estimate of drug-likeness (QED) is 0.925. The van der Waals surface area contributed by atoms with Crippen LogP contribution in [0, 0.1) is 13.8 Å². The number of rotatable bonds is 4. The number of carbonyl (C=O) groups excluding carboxylic acids is 1. The molecule has 0 unspecified atom stereocenters. The van der Waals surface area contributed by atoms with Gasteiger partial charge in [0.2, 0.25) is 0 Å². The summed E-state index contributed by atoms with van der Waals surface area (Å²) in [5, 5.41) is 11.3. The highest BCUT2D eigenvalue weighted by molar-refractivity contribution is 7.92. The number of carbonyl (C=O) groups is 1. The minimum Gasteiger partial charge on any atom is -0.545 e. The van der Waals surface area contributed by atoms with E-state index in [1.807, 2.05) is 0 Å². The number of sulfonamides is 1. The van der Waals surface area contributed by atoms with Crippen molar-refractivity contribution in [2.45, 2.75) is 18.7 Å². The van der Waals surface area contributed by atoms with Crippen molar-refractivity contribution in [3.05, 3.63) is 58.1 Å². The highest BCUT2D eigenvalue weighted by atomic mass is 35.5. The Morgan fingerprint density at radius 1 is 1.09 bits per heavy atom. The molecule has 0 atom stereocenters. The van der Waals surface area contributed by atoms with Crippen LogP contribution < -0.4 is 9.83 Å². The molecule has 0 aliphatic heterocycles. The number of benzene rings is 2. The first-order chi connectivity index (χ1) is 10.2. The molecule has 0 saturated heterocycles. The minimum absolute atomic E-state index is 0.120. The first-order valence-corrected chi connectivity index (χ1v) is 8.18. The molecular formula is C15H13ClNO4S-. The first kappa shape index (κ1) is 16.3. The molecule has 22 heavy (non-hydrogen) atoms. The monoisotopic (exact) mass is 338 g/mol. The largest absolute Gasteiger partial charge is 0.545 e. The van der Waals surface area contributed by atoms with Crippen LogP contribution in [0.5, 0.6) is 0 Å². The third-order valence-corrected chi connectivity index (χ3v) is 5.07. The predicted octanol–water partition coefficient (Wildman–Crippen LogP) is 2.12. The molecule has 0 bridgehead atoms. The smallest absolute Gasteiger partial charge is 0.262 e. The van der Waals surface area contributed by atoms with Gasteiger partial charge in [-0.05, 0) is 48.7 Å². The molecule has 0 aliphatic carbocycles. The van der Waals surface area contributed by atoms with Gasteiger partial charge in [0.25, 0.3) is 10.0 Å². The van der Waals surface area contributed by atoms with Gasteiger partial charge in [-0.1, -0.05) is 29.8 Å². The summed E-state index contributed by atoms with van der Waals surface area (Å²) in [6.07, 6.45) is 0. The Hall–Kier alpha value is -2.05. The topological polar surface area (TPSA) is 86.3 Å². The van der Waals surface area contributed by atoms with Gasteiger partial charge < -0.3 is 9.90 Å². The first-order valence-electron chi connectivity index (χ1n) is 6.31. The summed E-state index contributed by atoms with van der Waals surface area (Å²) < 4.78 is 27.2. The molecule has 1 N–H and O–H groups in total. The zero-order chi connectivity index (χ0) is 16.5. The van der Waals surface area contributed by atoms with Crippen molar-refractivity contribution in [3.8, 4) is 0 Å². The third kappa shape index (κ3) is 3.40. The molecule has 2 aromatic carbocycles. The number of hydrogen-bond acceptors (Lipinski definition) is 4. The lowest BCUT2D eigenvalue weighted by molar-refractivity contribution is -0.255. The van der Waals surface area contributed by atoms with Crippen molar-refractivity contribution in [2.24, 2.45) is 0 Å². The van der Waals surface area contributed by atoms with Crippen LogP contribution in [0.4, 0.5) is 5.69 Å². The molecular weight excluding hydrogens is 326 g/mol. The van der Waals surface area contributed by atoms with E-state index in [2.05, 4.69) is 4.72 Å². The summed E-state index contributed by atoms with van der Waals surface area (Å²) in [6.45, 7) is 3.38. The normalized spacial score (nSPS) is 11.2. The highest BCUT2D eigenvalue weighted by Crippen LogP contribution is 2.24. The summed E-state index contributed by atoms with van der Waals surface area (Å²) in [6, 6.07) is 8.55. The average molecular weight is 339 g/mol. The molecule has 5 nitrogen and oxygen atoms in total. The van der Waals surface area contributed by atoms with E-state index < -0.39 is 16.0 Å². The van der Waals surface area contributed by atoms with Gasteiger partial charge in [-0.2, -0.15) is 0 Å². The summed E-state index contributed by atoms with van der Waals surface area (Å²) in [5.41, 5.74) is 1.34. The van der Waals surface area contributed by atoms with Crippen LogP contribution in [-0.2, 0) is 10.0 Å². The van der Waals surface area contributed by atoms with Gasteiger partial charge in [0.1, 0.15) is 0 Å². The zero-order valence-corrected chi connectivity index (χ0v) is 13.5. The number of hydrogen-bond donors (Lipinski definition) is 1. The second-order valence-corrected chi connectivity index (χ2v) is 6.90. The Labute approximate surface area is 133 Å². The lowest BCUT2D eigenvalue weighted by atomic mass is 10.1. The van der Waals surface area contributed by atoms with Gasteiger partial charge in [-0.3, -0.25) is 4.72 Å². The van der Waals surface area contributed by atoms with E-state index in [1.54, 1.807) is 26.0 Å². The number of carboxylic acid groups (broad SMARTS) is 1. The molecule has 0 radical (unpaired) electrons. The number of halogens is 1. The van der Waals surface area contributed by atoms with E-state index in [-0.39, 0.29) is 10.5 Å². The fourth-order valence-corrected chi connectivity index (χ4v) is 3.38. The minimum atomic E-state index is -3.93. The Kier molecular flexibility index (Phi) is 4.44. The van der Waals surface area contributed by atoms with Crippen molar-refractivity contribution < 1.29 is 18.3 Å². The second-order valence-electron chi connectivity index (χ2n) is 4.84. The molecule has 116 valence electrons. The molecule has 2 aromatic rings. The van der Waals surface area contributed by atoms with Crippen LogP contribution in [0.1, 0.15) is 21.5 Å². The number of anilines is 1.